The number of phenols is 4. The van der Waals surface area contributed by atoms with Crippen LogP contribution in [0.15, 0.2) is 0 Å². The highest BCUT2D eigenvalue weighted by molar-refractivity contribution is 5.71. The lowest BCUT2D eigenvalue weighted by atomic mass is 10.2. The van der Waals surface area contributed by atoms with E-state index in [1.54, 1.807) is 0 Å². The van der Waals surface area contributed by atoms with E-state index in [9.17, 15) is 10.2 Å². The van der Waals surface area contributed by atoms with Crippen molar-refractivity contribution >= 4 is 0 Å². The molecular weight excluding hydrogens is 192 g/mol. The van der Waals surface area contributed by atoms with Gasteiger partial charge in [-0.05, 0) is 0 Å². The Hall–Kier alpha value is -1.98. The van der Waals surface area contributed by atoms with Gasteiger partial charge in [0.15, 0.2) is 0 Å². The number of hydrogen-bond acceptors (Lipinski definition) is 6. The summed E-state index contributed by atoms with van der Waals surface area (Å²) in [5, 5.41) is 36.8. The van der Waals surface area contributed by atoms with Crippen LogP contribution in [0.25, 0.3) is 0 Å². The minimum atomic E-state index is -0.861. The molecule has 4 N–H and O–H groups in total. The van der Waals surface area contributed by atoms with E-state index in [4.69, 9.17) is 10.2 Å². The normalized spacial score (nSPS) is 9.86. The molecule has 0 spiro atoms. The molecule has 0 bridgehead atoms. The van der Waals surface area contributed by atoms with Gasteiger partial charge < -0.3 is 29.9 Å². The van der Waals surface area contributed by atoms with Gasteiger partial charge in [-0.15, -0.1) is 0 Å². The van der Waals surface area contributed by atoms with Crippen molar-refractivity contribution in [1.82, 2.24) is 0 Å². The van der Waals surface area contributed by atoms with Crippen LogP contribution < -0.4 is 9.47 Å². The van der Waals surface area contributed by atoms with Crippen LogP contribution in [0.4, 0.5) is 0 Å². The van der Waals surface area contributed by atoms with Gasteiger partial charge in [0.05, 0.1) is 14.2 Å². The first-order valence-corrected chi connectivity index (χ1v) is 3.62. The molecule has 0 aliphatic heterocycles. The molecule has 14 heavy (non-hydrogen) atoms. The first-order chi connectivity index (χ1) is 6.54. The monoisotopic (exact) mass is 202 g/mol. The van der Waals surface area contributed by atoms with Crippen molar-refractivity contribution in [3.8, 4) is 34.5 Å². The van der Waals surface area contributed by atoms with Crippen molar-refractivity contribution < 1.29 is 29.9 Å². The predicted octanol–water partition coefficient (Wildman–Crippen LogP) is 0.526. The van der Waals surface area contributed by atoms with Crippen LogP contribution in [0, 0.1) is 0 Å². The summed E-state index contributed by atoms with van der Waals surface area (Å²) in [5.41, 5.74) is 0. The highest BCUT2D eigenvalue weighted by Crippen LogP contribution is 2.55. The standard InChI is InChI=1S/C8H10O6/c1-13-7-5(11)3(9)4(10)6(12)8(7)14-2/h9-12H,1-2H3. The Balaban J connectivity index is 3.57. The molecule has 0 saturated carbocycles. The van der Waals surface area contributed by atoms with Crippen LogP contribution in [0.3, 0.4) is 0 Å². The fourth-order valence-corrected chi connectivity index (χ4v) is 1.03. The lowest BCUT2D eigenvalue weighted by molar-refractivity contribution is 0.288. The highest BCUT2D eigenvalue weighted by Gasteiger charge is 2.24. The van der Waals surface area contributed by atoms with Gasteiger partial charge in [0, 0.05) is 0 Å². The number of ether oxygens (including phenoxy) is 2. The van der Waals surface area contributed by atoms with E-state index >= 15 is 0 Å². The average Bonchev–Trinajstić information content (AvgIpc) is 2.20. The fourth-order valence-electron chi connectivity index (χ4n) is 1.03. The maximum absolute atomic E-state index is 9.29. The van der Waals surface area contributed by atoms with E-state index in [1.807, 2.05) is 0 Å². The SMILES string of the molecule is COc1c(O)c(O)c(O)c(O)c1OC. The average molecular weight is 202 g/mol. The fraction of sp³-hybridized carbons (Fsp3) is 0.250. The molecule has 0 radical (unpaired) electrons. The summed E-state index contributed by atoms with van der Waals surface area (Å²) in [6.07, 6.45) is 0. The maximum Gasteiger partial charge on any atom is 0.211 e. The number of benzene rings is 1. The quantitative estimate of drug-likeness (QED) is 0.412. The summed E-state index contributed by atoms with van der Waals surface area (Å²) in [4.78, 5) is 0. The van der Waals surface area contributed by atoms with Gasteiger partial charge in [0.1, 0.15) is 0 Å². The Morgan fingerprint density at radius 1 is 0.643 bits per heavy atom. The van der Waals surface area contributed by atoms with Crippen molar-refractivity contribution in [3.05, 3.63) is 0 Å². The molecule has 0 aliphatic rings. The molecule has 0 saturated heterocycles. The van der Waals surface area contributed by atoms with E-state index in [-0.39, 0.29) is 11.5 Å². The third-order valence-electron chi connectivity index (χ3n) is 1.72. The summed E-state index contributed by atoms with van der Waals surface area (Å²) < 4.78 is 9.36. The molecule has 6 nitrogen and oxygen atoms in total. The molecule has 0 fully saturated rings. The molecule has 0 amide bonds. The van der Waals surface area contributed by atoms with Gasteiger partial charge in [0.25, 0.3) is 0 Å². The molecule has 1 aromatic rings. The molecule has 0 aliphatic carbocycles. The van der Waals surface area contributed by atoms with Crippen LogP contribution in [0.5, 0.6) is 34.5 Å². The summed E-state index contributed by atoms with van der Waals surface area (Å²) in [6.45, 7) is 0. The molecule has 78 valence electrons. The largest absolute Gasteiger partial charge is 0.502 e. The van der Waals surface area contributed by atoms with Gasteiger partial charge in [-0.3, -0.25) is 0 Å². The molecular formula is C8H10O6. The second-order valence-corrected chi connectivity index (χ2v) is 2.46. The first-order valence-electron chi connectivity index (χ1n) is 3.62. The summed E-state index contributed by atoms with van der Waals surface area (Å²) in [6, 6.07) is 0. The topological polar surface area (TPSA) is 99.4 Å². The smallest absolute Gasteiger partial charge is 0.211 e. The Morgan fingerprint density at radius 3 is 1.14 bits per heavy atom. The Bertz CT molecular complexity index is 325. The van der Waals surface area contributed by atoms with E-state index in [2.05, 4.69) is 9.47 Å². The van der Waals surface area contributed by atoms with Crippen molar-refractivity contribution in [2.24, 2.45) is 0 Å². The van der Waals surface area contributed by atoms with E-state index in [0.717, 1.165) is 0 Å². The lowest BCUT2D eigenvalue weighted by Crippen LogP contribution is -1.92. The Morgan fingerprint density at radius 2 is 0.929 bits per heavy atom. The van der Waals surface area contributed by atoms with Gasteiger partial charge >= 0.3 is 0 Å². The van der Waals surface area contributed by atoms with Crippen molar-refractivity contribution in [1.29, 1.82) is 0 Å². The summed E-state index contributed by atoms with van der Waals surface area (Å²) in [5.74, 6) is -3.61. The third kappa shape index (κ3) is 1.20. The van der Waals surface area contributed by atoms with Crippen LogP contribution in [0.2, 0.25) is 0 Å². The zero-order chi connectivity index (χ0) is 10.9. The number of methoxy groups -OCH3 is 2. The third-order valence-corrected chi connectivity index (χ3v) is 1.72. The molecule has 1 aromatic carbocycles. The van der Waals surface area contributed by atoms with Gasteiger partial charge in [0.2, 0.25) is 34.5 Å². The van der Waals surface area contributed by atoms with E-state index in [1.165, 1.54) is 14.2 Å². The minimum absolute atomic E-state index is 0.250. The van der Waals surface area contributed by atoms with E-state index < -0.39 is 23.0 Å². The first kappa shape index (κ1) is 10.1. The molecule has 0 heterocycles. The van der Waals surface area contributed by atoms with E-state index in [0.29, 0.717) is 0 Å². The zero-order valence-corrected chi connectivity index (χ0v) is 7.61. The highest BCUT2D eigenvalue weighted by atomic mass is 16.5. The van der Waals surface area contributed by atoms with Crippen LogP contribution in [0.1, 0.15) is 0 Å². The van der Waals surface area contributed by atoms with Gasteiger partial charge in [-0.25, -0.2) is 0 Å². The van der Waals surface area contributed by atoms with Crippen LogP contribution >= 0.6 is 0 Å². The zero-order valence-electron chi connectivity index (χ0n) is 7.61. The minimum Gasteiger partial charge on any atom is -0.502 e. The van der Waals surface area contributed by atoms with Crippen molar-refractivity contribution in [2.45, 2.75) is 0 Å². The molecule has 0 unspecified atom stereocenters. The summed E-state index contributed by atoms with van der Waals surface area (Å²) >= 11 is 0. The number of phenolic OH excluding ortho intramolecular Hbond substituents is 4. The molecule has 0 aromatic heterocycles. The van der Waals surface area contributed by atoms with Gasteiger partial charge in [-0.1, -0.05) is 0 Å². The predicted molar refractivity (Wildman–Crippen MR) is 46.2 cm³/mol. The van der Waals surface area contributed by atoms with Crippen molar-refractivity contribution in [2.75, 3.05) is 14.2 Å². The number of aromatic hydroxyl groups is 4. The number of rotatable bonds is 2. The molecule has 6 heteroatoms. The van der Waals surface area contributed by atoms with Crippen LogP contribution in [-0.2, 0) is 0 Å². The summed E-state index contributed by atoms with van der Waals surface area (Å²) in [7, 11) is 2.43. The Labute approximate surface area is 79.6 Å². The van der Waals surface area contributed by atoms with Crippen molar-refractivity contribution in [3.63, 3.8) is 0 Å². The molecule has 1 rings (SSSR count). The second kappa shape index (κ2) is 3.41. The number of hydrogen-bond donors (Lipinski definition) is 4. The molecule has 0 atom stereocenters. The lowest BCUT2D eigenvalue weighted by Gasteiger charge is -2.13. The second-order valence-electron chi connectivity index (χ2n) is 2.46. The maximum atomic E-state index is 9.29. The Kier molecular flexibility index (Phi) is 2.46. The van der Waals surface area contributed by atoms with Gasteiger partial charge in [-0.2, -0.15) is 0 Å². The van der Waals surface area contributed by atoms with Crippen LogP contribution in [-0.4, -0.2) is 34.6 Å².